The molecule has 2 aromatic heterocycles. The number of aromatic nitrogens is 4. The molecule has 0 aliphatic carbocycles. The van der Waals surface area contributed by atoms with Gasteiger partial charge < -0.3 is 4.74 Å². The van der Waals surface area contributed by atoms with Crippen LogP contribution in [0.25, 0.3) is 16.7 Å². The number of hydrogen-bond donors (Lipinski definition) is 0. The summed E-state index contributed by atoms with van der Waals surface area (Å²) in [5.74, 6) is -2.87. The van der Waals surface area contributed by atoms with E-state index in [1.165, 1.54) is 28.2 Å². The van der Waals surface area contributed by atoms with Gasteiger partial charge in [0.25, 0.3) is 5.56 Å². The summed E-state index contributed by atoms with van der Waals surface area (Å²) in [4.78, 5) is 51.2. The molecular formula is C23H19ClF2N4O5. The van der Waals surface area contributed by atoms with E-state index >= 15 is 0 Å². The number of rotatable bonds is 5. The summed E-state index contributed by atoms with van der Waals surface area (Å²) in [6.07, 6.45) is 1.02. The number of benzene rings is 2. The first-order chi connectivity index (χ1) is 16.6. The molecule has 4 rings (SSSR count). The number of halogens is 3. The molecule has 4 aromatic rings. The molecule has 9 nitrogen and oxygen atoms in total. The van der Waals surface area contributed by atoms with Crippen LogP contribution in [0.5, 0.6) is 0 Å². The number of fused-ring (bicyclic) bond motifs is 1. The molecule has 0 saturated heterocycles. The molecule has 12 heteroatoms. The number of imidazole rings is 1. The van der Waals surface area contributed by atoms with Crippen molar-refractivity contribution < 1.29 is 18.3 Å². The zero-order valence-electron chi connectivity index (χ0n) is 18.8. The molecule has 182 valence electrons. The van der Waals surface area contributed by atoms with Gasteiger partial charge in [0.05, 0.1) is 34.9 Å². The second-order valence-corrected chi connectivity index (χ2v) is 8.08. The van der Waals surface area contributed by atoms with Gasteiger partial charge in [-0.1, -0.05) is 11.6 Å². The summed E-state index contributed by atoms with van der Waals surface area (Å²) in [7, 11) is 3.14. The molecule has 0 fully saturated rings. The second kappa shape index (κ2) is 8.99. The number of esters is 1. The fourth-order valence-electron chi connectivity index (χ4n) is 3.79. The lowest BCUT2D eigenvalue weighted by Crippen LogP contribution is -2.42. The van der Waals surface area contributed by atoms with Crippen LogP contribution in [0.2, 0.25) is 5.02 Å². The predicted octanol–water partition coefficient (Wildman–Crippen LogP) is 2.35. The van der Waals surface area contributed by atoms with Gasteiger partial charge in [0.15, 0.2) is 0 Å². The van der Waals surface area contributed by atoms with Crippen LogP contribution in [0.3, 0.4) is 0 Å². The van der Waals surface area contributed by atoms with Crippen molar-refractivity contribution in [2.75, 3.05) is 6.61 Å². The van der Waals surface area contributed by atoms with Crippen molar-refractivity contribution in [3.63, 3.8) is 0 Å². The number of hydrogen-bond acceptors (Lipinski definition) is 5. The highest BCUT2D eigenvalue weighted by Gasteiger charge is 2.22. The third-order valence-electron chi connectivity index (χ3n) is 5.65. The normalized spacial score (nSPS) is 11.3. The lowest BCUT2D eigenvalue weighted by Gasteiger charge is -2.14. The first-order valence-corrected chi connectivity index (χ1v) is 10.8. The Hall–Kier alpha value is -3.99. The SMILES string of the molecule is CCOC(=O)c1cn(-c2ccc3c(c2)n(C)c(=O)n3C)c(=O)n(Cc2c(F)ccc(F)c2Cl)c1=O. The largest absolute Gasteiger partial charge is 0.462 e. The Balaban J connectivity index is 2.01. The maximum absolute atomic E-state index is 14.4. The molecule has 0 spiro atoms. The number of nitrogens with zero attached hydrogens (tertiary/aromatic N) is 4. The van der Waals surface area contributed by atoms with Gasteiger partial charge in [-0.2, -0.15) is 0 Å². The molecule has 0 bridgehead atoms. The minimum Gasteiger partial charge on any atom is -0.462 e. The van der Waals surface area contributed by atoms with E-state index < -0.39 is 51.5 Å². The highest BCUT2D eigenvalue weighted by Crippen LogP contribution is 2.23. The third kappa shape index (κ3) is 3.97. The Morgan fingerprint density at radius 1 is 0.971 bits per heavy atom. The van der Waals surface area contributed by atoms with Crippen LogP contribution in [0.1, 0.15) is 22.8 Å². The lowest BCUT2D eigenvalue weighted by molar-refractivity contribution is 0.0522. The molecule has 0 N–H and O–H groups in total. The maximum Gasteiger partial charge on any atom is 0.345 e. The van der Waals surface area contributed by atoms with Gasteiger partial charge in [0, 0.05) is 25.9 Å². The van der Waals surface area contributed by atoms with Crippen LogP contribution in [0.4, 0.5) is 8.78 Å². The molecule has 2 heterocycles. The lowest BCUT2D eigenvalue weighted by atomic mass is 10.2. The summed E-state index contributed by atoms with van der Waals surface area (Å²) in [5, 5.41) is -0.593. The van der Waals surface area contributed by atoms with Crippen molar-refractivity contribution >= 4 is 28.6 Å². The summed E-state index contributed by atoms with van der Waals surface area (Å²) in [5.41, 5.74) is -1.94. The second-order valence-electron chi connectivity index (χ2n) is 7.70. The van der Waals surface area contributed by atoms with E-state index in [-0.39, 0.29) is 18.0 Å². The minimum absolute atomic E-state index is 0.0418. The van der Waals surface area contributed by atoms with Crippen molar-refractivity contribution in [2.24, 2.45) is 14.1 Å². The van der Waals surface area contributed by atoms with Gasteiger partial charge in [-0.05, 0) is 37.3 Å². The third-order valence-corrected chi connectivity index (χ3v) is 6.06. The average molecular weight is 505 g/mol. The Bertz CT molecular complexity index is 1680. The van der Waals surface area contributed by atoms with Crippen LogP contribution in [0.15, 0.2) is 50.9 Å². The number of ether oxygens (including phenoxy) is 1. The highest BCUT2D eigenvalue weighted by molar-refractivity contribution is 6.31. The van der Waals surface area contributed by atoms with E-state index in [1.54, 1.807) is 20.2 Å². The fourth-order valence-corrected chi connectivity index (χ4v) is 4.01. The van der Waals surface area contributed by atoms with Gasteiger partial charge in [-0.3, -0.25) is 23.1 Å². The molecule has 35 heavy (non-hydrogen) atoms. The zero-order chi connectivity index (χ0) is 25.6. The molecule has 0 amide bonds. The van der Waals surface area contributed by atoms with Crippen LogP contribution in [0, 0.1) is 11.6 Å². The van der Waals surface area contributed by atoms with Gasteiger partial charge >= 0.3 is 17.3 Å². The first-order valence-electron chi connectivity index (χ1n) is 10.4. The quantitative estimate of drug-likeness (QED) is 0.307. The van der Waals surface area contributed by atoms with Crippen molar-refractivity contribution in [1.82, 2.24) is 18.3 Å². The van der Waals surface area contributed by atoms with Crippen LogP contribution >= 0.6 is 11.6 Å². The average Bonchev–Trinajstić information content (AvgIpc) is 3.04. The maximum atomic E-state index is 14.4. The van der Waals surface area contributed by atoms with Gasteiger partial charge in [-0.25, -0.2) is 23.2 Å². The monoisotopic (exact) mass is 504 g/mol. The van der Waals surface area contributed by atoms with Gasteiger partial charge in [0.1, 0.15) is 17.2 Å². The topological polar surface area (TPSA) is 97.2 Å². The number of carbonyl (C=O) groups is 1. The van der Waals surface area contributed by atoms with E-state index in [2.05, 4.69) is 0 Å². The van der Waals surface area contributed by atoms with E-state index in [0.29, 0.717) is 15.6 Å². The first kappa shape index (κ1) is 24.1. The molecule has 0 aliphatic heterocycles. The van der Waals surface area contributed by atoms with Crippen LogP contribution < -0.4 is 16.9 Å². The molecule has 0 radical (unpaired) electrons. The van der Waals surface area contributed by atoms with Crippen molar-refractivity contribution in [1.29, 1.82) is 0 Å². The zero-order valence-corrected chi connectivity index (χ0v) is 19.6. The fraction of sp³-hybridized carbons (Fsp3) is 0.217. The summed E-state index contributed by atoms with van der Waals surface area (Å²) in [6.45, 7) is 0.761. The smallest absolute Gasteiger partial charge is 0.345 e. The van der Waals surface area contributed by atoms with E-state index in [0.717, 1.165) is 22.9 Å². The molecule has 0 aliphatic rings. The Morgan fingerprint density at radius 3 is 2.31 bits per heavy atom. The molecule has 0 atom stereocenters. The summed E-state index contributed by atoms with van der Waals surface area (Å²) in [6, 6.07) is 6.27. The van der Waals surface area contributed by atoms with E-state index in [4.69, 9.17) is 16.3 Å². The molecular weight excluding hydrogens is 486 g/mol. The molecule has 0 unspecified atom stereocenters. The number of carbonyl (C=O) groups excluding carboxylic acids is 1. The van der Waals surface area contributed by atoms with E-state index in [1.807, 2.05) is 0 Å². The highest BCUT2D eigenvalue weighted by atomic mass is 35.5. The van der Waals surface area contributed by atoms with Crippen LogP contribution in [-0.4, -0.2) is 30.8 Å². The molecule has 0 saturated carbocycles. The summed E-state index contributed by atoms with van der Waals surface area (Å²) >= 11 is 5.90. The Kier molecular flexibility index (Phi) is 6.20. The Labute approximate surface area is 201 Å². The van der Waals surface area contributed by atoms with E-state index in [9.17, 15) is 28.0 Å². The van der Waals surface area contributed by atoms with Crippen LogP contribution in [-0.2, 0) is 25.4 Å². The predicted molar refractivity (Wildman–Crippen MR) is 124 cm³/mol. The van der Waals surface area contributed by atoms with Crippen molar-refractivity contribution in [3.05, 3.63) is 95.6 Å². The van der Waals surface area contributed by atoms with Crippen molar-refractivity contribution in [2.45, 2.75) is 13.5 Å². The summed E-state index contributed by atoms with van der Waals surface area (Å²) < 4.78 is 37.7. The standard InChI is InChI=1S/C23H19ClF2N4O5/c1-4-35-21(32)14-11-29(12-5-8-17-18(9-12)28(3)22(33)27(17)2)23(34)30(20(14)31)10-13-15(25)6-7-16(26)19(13)24/h5-9,11H,4,10H2,1-3H3. The Morgan fingerprint density at radius 2 is 1.63 bits per heavy atom. The van der Waals surface area contributed by atoms with Gasteiger partial charge in [-0.15, -0.1) is 0 Å². The van der Waals surface area contributed by atoms with Gasteiger partial charge in [0.2, 0.25) is 0 Å². The minimum atomic E-state index is -1.06. The van der Waals surface area contributed by atoms with Crippen molar-refractivity contribution in [3.8, 4) is 5.69 Å². The number of aryl methyl sites for hydroxylation is 2. The molecule has 2 aromatic carbocycles.